The van der Waals surface area contributed by atoms with Gasteiger partial charge in [-0.1, -0.05) is 220 Å². The first-order valence-corrected chi connectivity index (χ1v) is 33.9. The van der Waals surface area contributed by atoms with Gasteiger partial charge in [-0.2, -0.15) is 0 Å². The molecule has 2 aromatic heterocycles. The summed E-state index contributed by atoms with van der Waals surface area (Å²) in [4.78, 5) is 1.72. The van der Waals surface area contributed by atoms with Crippen molar-refractivity contribution < 1.29 is 58.3 Å². The van der Waals surface area contributed by atoms with Crippen LogP contribution in [-0.4, -0.2) is 95.7 Å². The number of thiophene rings is 2. The standard InChI is InChI=1S/C53H52O6S.C25H28O6S/c1-2-38-26-28-39(29-27-38)32-44-24-15-25-45-46-30-31-58-53(52(46)60-50(44)45)51(57-36-43-22-13-6-14-23-43)49(56-35-42-20-11-5-12-21-42)48(55-34-41-18-9-4-10-19-41)47(59-53)37-54-33-40-16-7-3-8-17-40;1-2-14-6-8-15(9-7-14)12-16-4-3-5-17-18-10-11-30-25(24(18)32-22(16)17)23(29)21(28)20(27)19(13-26)31-25/h3-29,47-49,51H,2,30-37H2,1H3;3-9,19-21,23,26-29H,2,10-13H2,1H3/t47-,48-,49+,51-,53-;19-,20-,21+,23-,25-/m11/s1. The number of aliphatic hydroxyl groups is 4. The second-order valence-corrected chi connectivity index (χ2v) is 26.3. The number of fused-ring (bicyclic) bond motifs is 8. The van der Waals surface area contributed by atoms with E-state index in [2.05, 4.69) is 141 Å². The van der Waals surface area contributed by atoms with Crippen molar-refractivity contribution in [3.05, 3.63) is 283 Å². The van der Waals surface area contributed by atoms with Crippen LogP contribution in [0.25, 0.3) is 20.2 Å². The molecule has 0 unspecified atom stereocenters. The van der Waals surface area contributed by atoms with Gasteiger partial charge in [0.05, 0.1) is 62.6 Å². The number of aliphatic hydroxyl groups excluding tert-OH is 4. The third-order valence-electron chi connectivity index (χ3n) is 18.3. The van der Waals surface area contributed by atoms with E-state index in [-0.39, 0.29) is 6.61 Å². The van der Waals surface area contributed by atoms with Gasteiger partial charge in [0, 0.05) is 9.40 Å². The van der Waals surface area contributed by atoms with Gasteiger partial charge in [0.15, 0.2) is 0 Å². The lowest BCUT2D eigenvalue weighted by atomic mass is 9.87. The first-order chi connectivity index (χ1) is 45.1. The van der Waals surface area contributed by atoms with E-state index < -0.39 is 67.0 Å². The van der Waals surface area contributed by atoms with E-state index in [0.29, 0.717) is 50.9 Å². The number of hydrogen-bond donors (Lipinski definition) is 4. The minimum atomic E-state index is -1.61. The van der Waals surface area contributed by atoms with Crippen LogP contribution in [0.1, 0.15) is 90.4 Å². The predicted octanol–water partition coefficient (Wildman–Crippen LogP) is 13.4. The largest absolute Gasteiger partial charge is 0.394 e. The smallest absolute Gasteiger partial charge is 0.235 e. The summed E-state index contributed by atoms with van der Waals surface area (Å²) in [6, 6.07) is 71.7. The van der Waals surface area contributed by atoms with Crippen molar-refractivity contribution in [1.29, 1.82) is 0 Å². The van der Waals surface area contributed by atoms with Crippen molar-refractivity contribution in [2.24, 2.45) is 0 Å². The zero-order valence-corrected chi connectivity index (χ0v) is 53.7. The molecular weight excluding hydrogens is 1190 g/mol. The topological polar surface area (TPSA) is 155 Å². The fraction of sp³-hybridized carbons (Fsp3) is 0.333. The van der Waals surface area contributed by atoms with E-state index in [1.807, 2.05) is 78.9 Å². The van der Waals surface area contributed by atoms with Crippen molar-refractivity contribution >= 4 is 42.8 Å². The average Bonchev–Trinajstić information content (AvgIpc) is 1.49. The normalized spacial score (nSPS) is 24.3. The maximum Gasteiger partial charge on any atom is 0.235 e. The van der Waals surface area contributed by atoms with Gasteiger partial charge in [-0.3, -0.25) is 0 Å². The molecule has 0 aliphatic carbocycles. The summed E-state index contributed by atoms with van der Waals surface area (Å²) in [5.41, 5.74) is 14.1. The molecule has 0 bridgehead atoms. The monoisotopic (exact) mass is 1270 g/mol. The summed E-state index contributed by atoms with van der Waals surface area (Å²) >= 11 is 3.26. The lowest BCUT2D eigenvalue weighted by Gasteiger charge is -2.53. The molecule has 8 aromatic carbocycles. The van der Waals surface area contributed by atoms with Crippen LogP contribution in [0.4, 0.5) is 0 Å². The molecule has 476 valence electrons. The Bertz CT molecular complexity index is 3990. The van der Waals surface area contributed by atoms with Crippen molar-refractivity contribution in [2.45, 2.75) is 139 Å². The molecule has 2 saturated heterocycles. The Morgan fingerprint density at radius 2 is 0.859 bits per heavy atom. The Morgan fingerprint density at radius 1 is 0.435 bits per heavy atom. The van der Waals surface area contributed by atoms with Crippen LogP contribution in [0.2, 0.25) is 0 Å². The summed E-state index contributed by atoms with van der Waals surface area (Å²) in [5, 5.41) is 43.6. The first kappa shape index (κ1) is 63.9. The number of rotatable bonds is 20. The first-order valence-electron chi connectivity index (χ1n) is 32.2. The summed E-state index contributed by atoms with van der Waals surface area (Å²) in [5.74, 6) is -2.91. The third-order valence-corrected chi connectivity index (χ3v) is 21.1. The van der Waals surface area contributed by atoms with Crippen LogP contribution in [0.15, 0.2) is 206 Å². The van der Waals surface area contributed by atoms with Crippen molar-refractivity contribution in [2.75, 3.05) is 26.4 Å². The van der Waals surface area contributed by atoms with Crippen molar-refractivity contribution in [3.8, 4) is 0 Å². The summed E-state index contributed by atoms with van der Waals surface area (Å²) in [6.45, 7) is 6.37. The van der Waals surface area contributed by atoms with E-state index in [1.54, 1.807) is 11.3 Å². The zero-order valence-electron chi connectivity index (χ0n) is 52.0. The molecule has 10 atom stereocenters. The molecule has 2 fully saturated rings. The van der Waals surface area contributed by atoms with Gasteiger partial charge >= 0.3 is 0 Å². The Morgan fingerprint density at radius 3 is 1.34 bits per heavy atom. The third kappa shape index (κ3) is 13.5. The molecule has 0 saturated carbocycles. The molecule has 14 heteroatoms. The Kier molecular flexibility index (Phi) is 20.3. The zero-order chi connectivity index (χ0) is 63.0. The molecule has 0 amide bonds. The van der Waals surface area contributed by atoms with Crippen LogP contribution < -0.4 is 0 Å². The number of benzene rings is 8. The summed E-state index contributed by atoms with van der Waals surface area (Å²) in [7, 11) is 0. The molecule has 92 heavy (non-hydrogen) atoms. The maximum atomic E-state index is 10.9. The van der Waals surface area contributed by atoms with Gasteiger partial charge in [0.1, 0.15) is 48.8 Å². The minimum Gasteiger partial charge on any atom is -0.394 e. The molecule has 4 aliphatic heterocycles. The Balaban J connectivity index is 0.000000202. The lowest BCUT2D eigenvalue weighted by Crippen LogP contribution is -2.67. The molecule has 4 N–H and O–H groups in total. The second kappa shape index (κ2) is 29.2. The highest BCUT2D eigenvalue weighted by atomic mass is 32.1. The molecule has 14 rings (SSSR count). The van der Waals surface area contributed by atoms with Gasteiger partial charge < -0.3 is 58.3 Å². The Hall–Kier alpha value is -6.80. The quantitative estimate of drug-likeness (QED) is 0.0574. The minimum absolute atomic E-state index is 0.259. The van der Waals surface area contributed by atoms with Gasteiger partial charge in [-0.25, -0.2) is 0 Å². The van der Waals surface area contributed by atoms with E-state index in [1.165, 1.54) is 60.4 Å². The predicted molar refractivity (Wildman–Crippen MR) is 360 cm³/mol. The van der Waals surface area contributed by atoms with Crippen molar-refractivity contribution in [1.82, 2.24) is 0 Å². The van der Waals surface area contributed by atoms with Crippen LogP contribution in [0, 0.1) is 0 Å². The molecule has 2 spiro atoms. The lowest BCUT2D eigenvalue weighted by molar-refractivity contribution is -0.393. The van der Waals surface area contributed by atoms with Crippen LogP contribution in [0.5, 0.6) is 0 Å². The van der Waals surface area contributed by atoms with Gasteiger partial charge in [0.25, 0.3) is 0 Å². The van der Waals surface area contributed by atoms with E-state index in [9.17, 15) is 20.4 Å². The van der Waals surface area contributed by atoms with Crippen molar-refractivity contribution in [3.63, 3.8) is 0 Å². The van der Waals surface area contributed by atoms with E-state index in [0.717, 1.165) is 74.9 Å². The highest BCUT2D eigenvalue weighted by Gasteiger charge is 2.62. The molecule has 0 radical (unpaired) electrons. The maximum absolute atomic E-state index is 10.9. The summed E-state index contributed by atoms with van der Waals surface area (Å²) < 4.78 is 56.8. The fourth-order valence-electron chi connectivity index (χ4n) is 13.3. The highest BCUT2D eigenvalue weighted by molar-refractivity contribution is 7.20. The molecule has 10 aromatic rings. The van der Waals surface area contributed by atoms with Gasteiger partial charge in [-0.05, 0) is 116 Å². The average molecular weight is 1270 g/mol. The SMILES string of the molecule is CCc1ccc(Cc2cccc3c4c(sc23)[C@]2(OCC4)O[C@H](CO)[C@@H](O)[C@H](O)[C@H]2O)cc1.CCc1ccc(Cc2cccc3c4c(sc23)[C@]2(OCC4)O[C@H](COCc3ccccc3)[C@@H](OCc3ccccc3)[C@H](OCc3ccccc3)[C@H]2OCc2ccccc2)cc1. The molecule has 6 heterocycles. The molecular formula is C78H80O12S2. The second-order valence-electron chi connectivity index (χ2n) is 24.3. The number of aryl methyl sites for hydroxylation is 2. The Labute approximate surface area is 546 Å². The van der Waals surface area contributed by atoms with E-state index >= 15 is 0 Å². The van der Waals surface area contributed by atoms with Gasteiger partial charge in [0.2, 0.25) is 11.6 Å². The fourth-order valence-corrected chi connectivity index (χ4v) is 16.3. The number of hydrogen-bond acceptors (Lipinski definition) is 14. The number of ether oxygens (including phenoxy) is 8. The molecule has 12 nitrogen and oxygen atoms in total. The molecule has 4 aliphatic rings. The van der Waals surface area contributed by atoms with E-state index in [4.69, 9.17) is 37.9 Å². The van der Waals surface area contributed by atoms with Crippen LogP contribution >= 0.6 is 22.7 Å². The highest BCUT2D eigenvalue weighted by Crippen LogP contribution is 2.53. The van der Waals surface area contributed by atoms with Crippen LogP contribution in [0.3, 0.4) is 0 Å². The van der Waals surface area contributed by atoms with Gasteiger partial charge in [-0.15, -0.1) is 22.7 Å². The van der Waals surface area contributed by atoms with Crippen LogP contribution in [-0.2, 0) is 114 Å². The summed E-state index contributed by atoms with van der Waals surface area (Å²) in [6.07, 6.45) is -2.81.